The van der Waals surface area contributed by atoms with Crippen LogP contribution in [0.15, 0.2) is 49.1 Å². The number of nitrogens with one attached hydrogen (secondary N) is 1. The van der Waals surface area contributed by atoms with Crippen LogP contribution in [0.3, 0.4) is 0 Å². The van der Waals surface area contributed by atoms with Crippen molar-refractivity contribution in [2.45, 2.75) is 37.8 Å². The number of hydrogen-bond acceptors (Lipinski definition) is 5. The van der Waals surface area contributed by atoms with E-state index in [-0.39, 0.29) is 29.0 Å². The van der Waals surface area contributed by atoms with Gasteiger partial charge in [0.2, 0.25) is 0 Å². The van der Waals surface area contributed by atoms with Gasteiger partial charge in [0.25, 0.3) is 0 Å². The third kappa shape index (κ3) is 3.66. The lowest BCUT2D eigenvalue weighted by molar-refractivity contribution is 0.225. The summed E-state index contributed by atoms with van der Waals surface area (Å²) in [5, 5.41) is 22.1. The second kappa shape index (κ2) is 7.25. The first-order chi connectivity index (χ1) is 12.8. The number of hydrogen-bond donors (Lipinski definition) is 3. The van der Waals surface area contributed by atoms with Crippen molar-refractivity contribution in [3.63, 3.8) is 0 Å². The Morgan fingerprint density at radius 1 is 1.22 bits per heavy atom. The van der Waals surface area contributed by atoms with E-state index in [2.05, 4.69) is 17.0 Å². The third-order valence-electron chi connectivity index (χ3n) is 5.49. The van der Waals surface area contributed by atoms with Crippen molar-refractivity contribution in [3.8, 4) is 17.2 Å². The summed E-state index contributed by atoms with van der Waals surface area (Å²) in [6.45, 7) is 7.97. The van der Waals surface area contributed by atoms with Crippen LogP contribution in [0.1, 0.15) is 49.0 Å². The molecule has 1 aliphatic rings. The molecule has 0 aromatic heterocycles. The van der Waals surface area contributed by atoms with Crippen LogP contribution in [0.5, 0.6) is 17.2 Å². The zero-order chi connectivity index (χ0) is 19.8. The van der Waals surface area contributed by atoms with Crippen LogP contribution in [0.25, 0.3) is 0 Å². The Balaban J connectivity index is 1.98. The van der Waals surface area contributed by atoms with Gasteiger partial charge >= 0.3 is 0 Å². The van der Waals surface area contributed by atoms with Gasteiger partial charge in [-0.2, -0.15) is 0 Å². The number of phenols is 2. The first-order valence-corrected chi connectivity index (χ1v) is 9.09. The van der Waals surface area contributed by atoms with Crippen LogP contribution in [0.2, 0.25) is 0 Å². The summed E-state index contributed by atoms with van der Waals surface area (Å²) in [6, 6.07) is 11.2. The second-order valence-electron chi connectivity index (χ2n) is 7.67. The Morgan fingerprint density at radius 2 is 1.89 bits per heavy atom. The van der Waals surface area contributed by atoms with Crippen LogP contribution in [0, 0.1) is 0 Å². The van der Waals surface area contributed by atoms with E-state index in [4.69, 9.17) is 4.74 Å². The predicted octanol–water partition coefficient (Wildman–Crippen LogP) is 4.19. The van der Waals surface area contributed by atoms with Gasteiger partial charge in [-0.15, -0.1) is 6.58 Å². The average molecular weight is 368 g/mol. The standard InChI is InChI=1S/C22H28N2O3/c1-6-22(2,3)17-11-16(21(27-5)13-20(17)26)19-12-18(23-24(19)4)14-7-9-15(25)10-8-14/h6-11,13,18-19,23,25-26H,1,12H2,2-5H3. The van der Waals surface area contributed by atoms with Crippen molar-refractivity contribution >= 4 is 0 Å². The number of hydrazine groups is 1. The molecule has 0 bridgehead atoms. The summed E-state index contributed by atoms with van der Waals surface area (Å²) < 4.78 is 5.57. The molecule has 1 saturated heterocycles. The van der Waals surface area contributed by atoms with Crippen molar-refractivity contribution in [3.05, 3.63) is 65.7 Å². The maximum Gasteiger partial charge on any atom is 0.127 e. The summed E-state index contributed by atoms with van der Waals surface area (Å²) in [4.78, 5) is 0. The van der Waals surface area contributed by atoms with Crippen LogP contribution >= 0.6 is 0 Å². The Hall–Kier alpha value is -2.50. The molecule has 0 aliphatic carbocycles. The van der Waals surface area contributed by atoms with Gasteiger partial charge in [-0.3, -0.25) is 0 Å². The topological polar surface area (TPSA) is 65.0 Å². The molecule has 2 aromatic carbocycles. The smallest absolute Gasteiger partial charge is 0.127 e. The first kappa shape index (κ1) is 19.3. The molecule has 0 spiro atoms. The van der Waals surface area contributed by atoms with Crippen molar-refractivity contribution < 1.29 is 14.9 Å². The normalized spacial score (nSPS) is 20.6. The fourth-order valence-corrected chi connectivity index (χ4v) is 3.67. The Kier molecular flexibility index (Phi) is 5.18. The molecule has 2 atom stereocenters. The summed E-state index contributed by atoms with van der Waals surface area (Å²) in [6.07, 6.45) is 2.69. The van der Waals surface area contributed by atoms with Gasteiger partial charge in [0.15, 0.2) is 0 Å². The minimum Gasteiger partial charge on any atom is -0.508 e. The number of phenolic OH excluding ortho intramolecular Hbond substituents is 2. The number of allylic oxidation sites excluding steroid dienone is 1. The van der Waals surface area contributed by atoms with Crippen LogP contribution in [-0.2, 0) is 5.41 Å². The molecule has 1 aliphatic heterocycles. The van der Waals surface area contributed by atoms with E-state index in [0.29, 0.717) is 5.75 Å². The number of methoxy groups -OCH3 is 1. The number of rotatable bonds is 5. The largest absolute Gasteiger partial charge is 0.508 e. The SMILES string of the molecule is C=CC(C)(C)c1cc(C2CC(c3ccc(O)cc3)NN2C)c(OC)cc1O. The lowest BCUT2D eigenvalue weighted by Gasteiger charge is -2.27. The van der Waals surface area contributed by atoms with E-state index in [1.807, 2.05) is 45.2 Å². The molecule has 0 saturated carbocycles. The van der Waals surface area contributed by atoms with Gasteiger partial charge in [-0.05, 0) is 30.2 Å². The predicted molar refractivity (Wildman–Crippen MR) is 107 cm³/mol. The Labute approximate surface area is 160 Å². The van der Waals surface area contributed by atoms with Gasteiger partial charge in [-0.1, -0.05) is 32.1 Å². The lowest BCUT2D eigenvalue weighted by Crippen LogP contribution is -2.30. The fraction of sp³-hybridized carbons (Fsp3) is 0.364. The molecule has 3 rings (SSSR count). The summed E-state index contributed by atoms with van der Waals surface area (Å²) in [5.41, 5.74) is 6.10. The fourth-order valence-electron chi connectivity index (χ4n) is 3.67. The van der Waals surface area contributed by atoms with Gasteiger partial charge in [0.05, 0.1) is 13.2 Å². The molecule has 1 fully saturated rings. The van der Waals surface area contributed by atoms with E-state index < -0.39 is 0 Å². The highest BCUT2D eigenvalue weighted by molar-refractivity contribution is 5.51. The number of nitrogens with zero attached hydrogens (tertiary/aromatic N) is 1. The van der Waals surface area contributed by atoms with Crippen LogP contribution in [-0.4, -0.2) is 29.4 Å². The van der Waals surface area contributed by atoms with E-state index in [1.54, 1.807) is 25.3 Å². The van der Waals surface area contributed by atoms with Gasteiger partial charge < -0.3 is 14.9 Å². The van der Waals surface area contributed by atoms with E-state index in [1.165, 1.54) is 0 Å². The lowest BCUT2D eigenvalue weighted by atomic mass is 9.82. The van der Waals surface area contributed by atoms with Gasteiger partial charge in [0, 0.05) is 35.7 Å². The summed E-state index contributed by atoms with van der Waals surface area (Å²) in [5.74, 6) is 1.14. The van der Waals surface area contributed by atoms with Crippen molar-refractivity contribution in [2.24, 2.45) is 0 Å². The highest BCUT2D eigenvalue weighted by atomic mass is 16.5. The number of benzene rings is 2. The zero-order valence-corrected chi connectivity index (χ0v) is 16.4. The zero-order valence-electron chi connectivity index (χ0n) is 16.4. The van der Waals surface area contributed by atoms with Gasteiger partial charge in [-0.25, -0.2) is 10.4 Å². The quantitative estimate of drug-likeness (QED) is 0.691. The molecule has 0 amide bonds. The van der Waals surface area contributed by atoms with E-state index in [9.17, 15) is 10.2 Å². The molecular formula is C22H28N2O3. The first-order valence-electron chi connectivity index (χ1n) is 9.09. The third-order valence-corrected chi connectivity index (χ3v) is 5.49. The molecule has 2 aromatic rings. The molecule has 5 nitrogen and oxygen atoms in total. The maximum atomic E-state index is 10.5. The van der Waals surface area contributed by atoms with Crippen molar-refractivity contribution in [1.82, 2.24) is 10.4 Å². The van der Waals surface area contributed by atoms with Crippen LogP contribution < -0.4 is 10.2 Å². The molecule has 144 valence electrons. The highest BCUT2D eigenvalue weighted by Gasteiger charge is 2.34. The molecule has 1 heterocycles. The van der Waals surface area contributed by atoms with Crippen molar-refractivity contribution in [1.29, 1.82) is 0 Å². The van der Waals surface area contributed by atoms with E-state index in [0.717, 1.165) is 23.1 Å². The Bertz CT molecular complexity index is 830. The molecule has 3 N–H and O–H groups in total. The molecule has 27 heavy (non-hydrogen) atoms. The molecular weight excluding hydrogens is 340 g/mol. The summed E-state index contributed by atoms with van der Waals surface area (Å²) in [7, 11) is 3.63. The molecule has 0 radical (unpaired) electrons. The van der Waals surface area contributed by atoms with Crippen molar-refractivity contribution in [2.75, 3.05) is 14.2 Å². The van der Waals surface area contributed by atoms with E-state index >= 15 is 0 Å². The number of ether oxygens (including phenoxy) is 1. The minimum atomic E-state index is -0.355. The maximum absolute atomic E-state index is 10.5. The average Bonchev–Trinajstić information content (AvgIpc) is 3.03. The molecule has 5 heteroatoms. The highest BCUT2D eigenvalue weighted by Crippen LogP contribution is 2.44. The Morgan fingerprint density at radius 3 is 2.48 bits per heavy atom. The monoisotopic (exact) mass is 368 g/mol. The minimum absolute atomic E-state index is 0.0821. The second-order valence-corrected chi connectivity index (χ2v) is 7.67. The van der Waals surface area contributed by atoms with Gasteiger partial charge in [0.1, 0.15) is 17.2 Å². The summed E-state index contributed by atoms with van der Waals surface area (Å²) >= 11 is 0. The molecule has 2 unspecified atom stereocenters. The number of aromatic hydroxyl groups is 2. The van der Waals surface area contributed by atoms with Crippen LogP contribution in [0.4, 0.5) is 0 Å².